The van der Waals surface area contributed by atoms with Crippen LogP contribution < -0.4 is 0 Å². The van der Waals surface area contributed by atoms with E-state index < -0.39 is 5.60 Å². The van der Waals surface area contributed by atoms with Crippen molar-refractivity contribution in [2.24, 2.45) is 0 Å². The molecular weight excluding hydrogens is 262 g/mol. The summed E-state index contributed by atoms with van der Waals surface area (Å²) in [4.78, 5) is 26.1. The summed E-state index contributed by atoms with van der Waals surface area (Å²) in [5.41, 5.74) is -0.497. The minimum absolute atomic E-state index is 0.0424. The van der Waals surface area contributed by atoms with Gasteiger partial charge in [-0.1, -0.05) is 6.07 Å². The van der Waals surface area contributed by atoms with Gasteiger partial charge in [-0.2, -0.15) is 0 Å². The highest BCUT2D eigenvalue weighted by molar-refractivity contribution is 7.09. The van der Waals surface area contributed by atoms with Gasteiger partial charge in [-0.15, -0.1) is 11.3 Å². The lowest BCUT2D eigenvalue weighted by Gasteiger charge is -2.20. The molecule has 0 unspecified atom stereocenters. The Kier molecular flexibility index (Phi) is 5.54. The third-order valence-corrected chi connectivity index (χ3v) is 3.22. The van der Waals surface area contributed by atoms with Gasteiger partial charge in [-0.25, -0.2) is 0 Å². The minimum atomic E-state index is -0.497. The number of rotatable bonds is 5. The molecule has 1 rings (SSSR count). The standard InChI is InChI=1S/C14H21NO3S/c1-14(2,3)18-13(17)8-7-12(16)15(4)10-11-6-5-9-19-11/h5-6,9H,7-8,10H2,1-4H3. The van der Waals surface area contributed by atoms with Crippen LogP contribution in [0.4, 0.5) is 0 Å². The quantitative estimate of drug-likeness (QED) is 0.781. The first-order valence-corrected chi connectivity index (χ1v) is 7.14. The fraction of sp³-hybridized carbons (Fsp3) is 0.571. The minimum Gasteiger partial charge on any atom is -0.460 e. The van der Waals surface area contributed by atoms with Crippen LogP contribution in [-0.4, -0.2) is 29.4 Å². The van der Waals surface area contributed by atoms with E-state index in [4.69, 9.17) is 4.74 Å². The van der Waals surface area contributed by atoms with Crippen molar-refractivity contribution in [2.45, 2.75) is 45.8 Å². The second-order valence-corrected chi connectivity index (χ2v) is 6.45. The summed E-state index contributed by atoms with van der Waals surface area (Å²) in [5.74, 6) is -0.371. The highest BCUT2D eigenvalue weighted by Gasteiger charge is 2.18. The molecule has 0 aromatic carbocycles. The van der Waals surface area contributed by atoms with Gasteiger partial charge in [0, 0.05) is 18.3 Å². The Hall–Kier alpha value is -1.36. The maximum absolute atomic E-state index is 11.9. The molecule has 0 aliphatic rings. The summed E-state index contributed by atoms with van der Waals surface area (Å²) in [6.07, 6.45) is 0.321. The highest BCUT2D eigenvalue weighted by Crippen LogP contribution is 2.13. The van der Waals surface area contributed by atoms with E-state index in [-0.39, 0.29) is 24.7 Å². The normalized spacial score (nSPS) is 11.2. The lowest BCUT2D eigenvalue weighted by Crippen LogP contribution is -2.28. The van der Waals surface area contributed by atoms with Gasteiger partial charge < -0.3 is 9.64 Å². The molecular formula is C14H21NO3S. The second-order valence-electron chi connectivity index (χ2n) is 5.42. The molecule has 0 bridgehead atoms. The zero-order chi connectivity index (χ0) is 14.5. The first-order valence-electron chi connectivity index (χ1n) is 6.26. The number of hydrogen-bond donors (Lipinski definition) is 0. The molecule has 0 fully saturated rings. The van der Waals surface area contributed by atoms with Crippen molar-refractivity contribution in [3.8, 4) is 0 Å². The van der Waals surface area contributed by atoms with E-state index in [2.05, 4.69) is 0 Å². The Morgan fingerprint density at radius 1 is 1.32 bits per heavy atom. The molecule has 1 heterocycles. The van der Waals surface area contributed by atoms with Gasteiger partial charge in [-0.05, 0) is 32.2 Å². The van der Waals surface area contributed by atoms with Crippen LogP contribution >= 0.6 is 11.3 Å². The number of nitrogens with zero attached hydrogens (tertiary/aromatic N) is 1. The van der Waals surface area contributed by atoms with Crippen LogP contribution in [0.15, 0.2) is 17.5 Å². The van der Waals surface area contributed by atoms with E-state index in [0.29, 0.717) is 6.54 Å². The van der Waals surface area contributed by atoms with Gasteiger partial charge in [0.25, 0.3) is 0 Å². The summed E-state index contributed by atoms with van der Waals surface area (Å²) >= 11 is 1.62. The zero-order valence-corrected chi connectivity index (χ0v) is 12.8. The molecule has 0 saturated carbocycles. The Labute approximate surface area is 118 Å². The molecule has 1 amide bonds. The SMILES string of the molecule is CN(Cc1cccs1)C(=O)CCC(=O)OC(C)(C)C. The maximum atomic E-state index is 11.9. The van der Waals surface area contributed by atoms with Gasteiger partial charge in [0.05, 0.1) is 13.0 Å². The average molecular weight is 283 g/mol. The van der Waals surface area contributed by atoms with Crippen LogP contribution in [-0.2, 0) is 20.9 Å². The average Bonchev–Trinajstić information content (AvgIpc) is 2.76. The van der Waals surface area contributed by atoms with Crippen LogP contribution in [0.3, 0.4) is 0 Å². The van der Waals surface area contributed by atoms with Crippen LogP contribution in [0.5, 0.6) is 0 Å². The zero-order valence-electron chi connectivity index (χ0n) is 11.9. The molecule has 0 saturated heterocycles. The summed E-state index contributed by atoms with van der Waals surface area (Å²) < 4.78 is 5.17. The lowest BCUT2D eigenvalue weighted by atomic mass is 10.2. The van der Waals surface area contributed by atoms with Crippen molar-refractivity contribution < 1.29 is 14.3 Å². The first-order chi connectivity index (χ1) is 8.78. The van der Waals surface area contributed by atoms with Crippen molar-refractivity contribution in [1.82, 2.24) is 4.90 Å². The smallest absolute Gasteiger partial charge is 0.306 e. The van der Waals surface area contributed by atoms with Crippen molar-refractivity contribution in [3.05, 3.63) is 22.4 Å². The molecule has 0 aliphatic carbocycles. The van der Waals surface area contributed by atoms with E-state index in [1.165, 1.54) is 0 Å². The molecule has 4 nitrogen and oxygen atoms in total. The number of esters is 1. The summed E-state index contributed by atoms with van der Waals surface area (Å²) in [5, 5.41) is 1.98. The summed E-state index contributed by atoms with van der Waals surface area (Å²) in [6.45, 7) is 6.03. The molecule has 1 aromatic rings. The van der Waals surface area contributed by atoms with Crippen molar-refractivity contribution in [2.75, 3.05) is 7.05 Å². The van der Waals surface area contributed by atoms with Gasteiger partial charge >= 0.3 is 5.97 Å². The van der Waals surface area contributed by atoms with Gasteiger partial charge in [0.15, 0.2) is 0 Å². The van der Waals surface area contributed by atoms with Crippen molar-refractivity contribution in [1.29, 1.82) is 0 Å². The molecule has 0 atom stereocenters. The third kappa shape index (κ3) is 6.38. The number of hydrogen-bond acceptors (Lipinski definition) is 4. The predicted molar refractivity (Wildman–Crippen MR) is 75.9 cm³/mol. The van der Waals surface area contributed by atoms with Gasteiger partial charge in [-0.3, -0.25) is 9.59 Å². The molecule has 106 valence electrons. The topological polar surface area (TPSA) is 46.6 Å². The number of thiophene rings is 1. The van der Waals surface area contributed by atoms with Crippen molar-refractivity contribution in [3.63, 3.8) is 0 Å². The van der Waals surface area contributed by atoms with Crippen LogP contribution in [0.1, 0.15) is 38.5 Å². The Balaban J connectivity index is 2.32. The number of carbonyl (C=O) groups is 2. The fourth-order valence-electron chi connectivity index (χ4n) is 1.52. The van der Waals surface area contributed by atoms with Gasteiger partial charge in [0.2, 0.25) is 5.91 Å². The monoisotopic (exact) mass is 283 g/mol. The molecule has 0 spiro atoms. The molecule has 0 radical (unpaired) electrons. The molecule has 0 aliphatic heterocycles. The van der Waals surface area contributed by atoms with E-state index in [1.807, 2.05) is 38.3 Å². The lowest BCUT2D eigenvalue weighted by molar-refractivity contribution is -0.156. The number of carbonyl (C=O) groups excluding carboxylic acids is 2. The highest BCUT2D eigenvalue weighted by atomic mass is 32.1. The fourth-order valence-corrected chi connectivity index (χ4v) is 2.27. The van der Waals surface area contributed by atoms with E-state index >= 15 is 0 Å². The van der Waals surface area contributed by atoms with Crippen LogP contribution in [0.25, 0.3) is 0 Å². The van der Waals surface area contributed by atoms with E-state index in [9.17, 15) is 9.59 Å². The molecule has 19 heavy (non-hydrogen) atoms. The predicted octanol–water partition coefficient (Wildman–Crippen LogP) is 2.83. The van der Waals surface area contributed by atoms with E-state index in [0.717, 1.165) is 4.88 Å². The second kappa shape index (κ2) is 6.70. The Bertz CT molecular complexity index is 420. The largest absolute Gasteiger partial charge is 0.460 e. The van der Waals surface area contributed by atoms with Crippen LogP contribution in [0.2, 0.25) is 0 Å². The number of ether oxygens (including phenoxy) is 1. The third-order valence-electron chi connectivity index (χ3n) is 2.36. The van der Waals surface area contributed by atoms with Crippen molar-refractivity contribution >= 4 is 23.2 Å². The van der Waals surface area contributed by atoms with Crippen LogP contribution in [0, 0.1) is 0 Å². The van der Waals surface area contributed by atoms with E-state index in [1.54, 1.807) is 23.3 Å². The maximum Gasteiger partial charge on any atom is 0.306 e. The summed E-state index contributed by atoms with van der Waals surface area (Å²) in [6, 6.07) is 3.95. The Morgan fingerprint density at radius 2 is 2.00 bits per heavy atom. The Morgan fingerprint density at radius 3 is 2.53 bits per heavy atom. The summed E-state index contributed by atoms with van der Waals surface area (Å²) in [7, 11) is 1.75. The molecule has 0 N–H and O–H groups in total. The molecule has 1 aromatic heterocycles. The molecule has 5 heteroatoms. The number of amides is 1. The first kappa shape index (κ1) is 15.7. The van der Waals surface area contributed by atoms with Gasteiger partial charge in [0.1, 0.15) is 5.60 Å².